The van der Waals surface area contributed by atoms with Gasteiger partial charge in [0.2, 0.25) is 5.91 Å². The van der Waals surface area contributed by atoms with Gasteiger partial charge in [-0.1, -0.05) is 0 Å². The molecule has 0 aliphatic heterocycles. The van der Waals surface area contributed by atoms with Gasteiger partial charge in [-0.2, -0.15) is 4.21 Å². The normalized spacial score (nSPS) is 12.5. The first-order valence-electron chi connectivity index (χ1n) is 2.86. The van der Waals surface area contributed by atoms with E-state index in [0.717, 1.165) is 0 Å². The number of hydrogen-bond acceptors (Lipinski definition) is 4. The van der Waals surface area contributed by atoms with Gasteiger partial charge < -0.3 is 0 Å². The van der Waals surface area contributed by atoms with Crippen LogP contribution in [0.5, 0.6) is 0 Å². The summed E-state index contributed by atoms with van der Waals surface area (Å²) in [5.41, 5.74) is 4.74. The second kappa shape index (κ2) is 6.23. The average molecular weight is 182 g/mol. The first-order chi connectivity index (χ1) is 5.13. The predicted octanol–water partition coefficient (Wildman–Crippen LogP) is -1.22. The van der Waals surface area contributed by atoms with Crippen molar-refractivity contribution in [3.8, 4) is 0 Å². The first kappa shape index (κ1) is 10.5. The molecule has 0 aliphatic carbocycles. The second-order valence-electron chi connectivity index (χ2n) is 1.65. The van der Waals surface area contributed by atoms with Gasteiger partial charge in [-0.15, -0.1) is 0 Å². The number of hydrazine groups is 1. The molecule has 3 N–H and O–H groups in total. The fraction of sp³-hybridized carbons (Fsp3) is 0.750. The zero-order chi connectivity index (χ0) is 8.69. The van der Waals surface area contributed by atoms with Gasteiger partial charge >= 0.3 is 11.4 Å². The van der Waals surface area contributed by atoms with Gasteiger partial charge in [-0.3, -0.25) is 19.0 Å². The van der Waals surface area contributed by atoms with E-state index in [0.29, 0.717) is 0 Å². The molecule has 0 fully saturated rings. The standard InChI is InChI=1S/C4H10N2O4S/c1-4(7)6-5-2-3-10-11(8)9/h5H,2-3H2,1H3,(H,6,7)(H,8,9). The highest BCUT2D eigenvalue weighted by Crippen LogP contribution is 1.74. The van der Waals surface area contributed by atoms with E-state index in [1.807, 2.05) is 0 Å². The molecule has 0 rings (SSSR count). The summed E-state index contributed by atoms with van der Waals surface area (Å²) in [4.78, 5) is 10.2. The molecule has 0 bridgehead atoms. The molecule has 0 saturated heterocycles. The molecule has 0 radical (unpaired) electrons. The Kier molecular flexibility index (Phi) is 5.94. The lowest BCUT2D eigenvalue weighted by atomic mass is 10.7. The lowest BCUT2D eigenvalue weighted by Gasteiger charge is -2.02. The van der Waals surface area contributed by atoms with Crippen LogP contribution in [0.2, 0.25) is 0 Å². The highest BCUT2D eigenvalue weighted by Gasteiger charge is 1.92. The van der Waals surface area contributed by atoms with Gasteiger partial charge in [-0.25, -0.2) is 5.43 Å². The highest BCUT2D eigenvalue weighted by molar-refractivity contribution is 7.74. The molecule has 11 heavy (non-hydrogen) atoms. The largest absolute Gasteiger partial charge is 0.301 e. The Morgan fingerprint density at radius 3 is 2.82 bits per heavy atom. The quantitative estimate of drug-likeness (QED) is 0.282. The van der Waals surface area contributed by atoms with Crippen LogP contribution in [-0.4, -0.2) is 27.8 Å². The van der Waals surface area contributed by atoms with Crippen molar-refractivity contribution in [3.05, 3.63) is 0 Å². The summed E-state index contributed by atoms with van der Waals surface area (Å²) in [5.74, 6) is -0.227. The predicted molar refractivity (Wildman–Crippen MR) is 38.5 cm³/mol. The third-order valence-corrected chi connectivity index (χ3v) is 1.04. The van der Waals surface area contributed by atoms with Crippen molar-refractivity contribution in [2.24, 2.45) is 0 Å². The molecule has 0 aromatic rings. The third-order valence-electron chi connectivity index (χ3n) is 0.676. The van der Waals surface area contributed by atoms with Crippen molar-refractivity contribution in [1.82, 2.24) is 10.9 Å². The van der Waals surface area contributed by atoms with Gasteiger partial charge in [0.05, 0.1) is 6.61 Å². The van der Waals surface area contributed by atoms with Gasteiger partial charge in [0, 0.05) is 13.5 Å². The van der Waals surface area contributed by atoms with Gasteiger partial charge in [0.25, 0.3) is 0 Å². The fourth-order valence-corrected chi connectivity index (χ4v) is 0.577. The maximum atomic E-state index is 10.2. The Balaban J connectivity index is 3.03. The Labute approximate surface area is 66.8 Å². The molecule has 6 nitrogen and oxygen atoms in total. The van der Waals surface area contributed by atoms with Crippen LogP contribution in [-0.2, 0) is 20.3 Å². The van der Waals surface area contributed by atoms with E-state index in [1.54, 1.807) is 0 Å². The summed E-state index contributed by atoms with van der Waals surface area (Å²) < 4.78 is 22.2. The van der Waals surface area contributed by atoms with E-state index in [9.17, 15) is 9.00 Å². The summed E-state index contributed by atoms with van der Waals surface area (Å²) in [6.07, 6.45) is 0. The number of carbonyl (C=O) groups is 1. The summed E-state index contributed by atoms with van der Waals surface area (Å²) >= 11 is -2.23. The third kappa shape index (κ3) is 9.50. The zero-order valence-electron chi connectivity index (χ0n) is 5.99. The lowest BCUT2D eigenvalue weighted by Crippen LogP contribution is -2.37. The zero-order valence-corrected chi connectivity index (χ0v) is 6.81. The van der Waals surface area contributed by atoms with Crippen molar-refractivity contribution in [1.29, 1.82) is 0 Å². The first-order valence-corrected chi connectivity index (χ1v) is 3.89. The van der Waals surface area contributed by atoms with Crippen molar-refractivity contribution < 1.29 is 17.7 Å². The van der Waals surface area contributed by atoms with Crippen molar-refractivity contribution >= 4 is 17.3 Å². The number of hydrogen-bond donors (Lipinski definition) is 3. The Morgan fingerprint density at radius 1 is 1.73 bits per heavy atom. The molecule has 0 aliphatic rings. The van der Waals surface area contributed by atoms with Crippen LogP contribution in [0.1, 0.15) is 6.92 Å². The van der Waals surface area contributed by atoms with E-state index < -0.39 is 11.4 Å². The monoisotopic (exact) mass is 182 g/mol. The van der Waals surface area contributed by atoms with Gasteiger partial charge in [0.1, 0.15) is 0 Å². The smallest absolute Gasteiger partial charge is 0.292 e. The summed E-state index contributed by atoms with van der Waals surface area (Å²) in [6, 6.07) is 0. The number of amides is 1. The minimum Gasteiger partial charge on any atom is -0.292 e. The van der Waals surface area contributed by atoms with Crippen LogP contribution < -0.4 is 10.9 Å². The minimum absolute atomic E-state index is 0.0589. The van der Waals surface area contributed by atoms with E-state index >= 15 is 0 Å². The molecule has 1 unspecified atom stereocenters. The maximum Gasteiger partial charge on any atom is 0.301 e. The molecule has 0 spiro atoms. The Morgan fingerprint density at radius 2 is 2.36 bits per heavy atom. The SMILES string of the molecule is CC(=O)NNCCOS(=O)O. The van der Waals surface area contributed by atoms with Gasteiger partial charge in [-0.05, 0) is 0 Å². The molecule has 1 atom stereocenters. The van der Waals surface area contributed by atoms with E-state index in [1.165, 1.54) is 6.92 Å². The van der Waals surface area contributed by atoms with Crippen LogP contribution in [0.15, 0.2) is 0 Å². The van der Waals surface area contributed by atoms with Crippen molar-refractivity contribution in [3.63, 3.8) is 0 Å². The van der Waals surface area contributed by atoms with E-state index in [-0.39, 0.29) is 19.1 Å². The molecule has 0 heterocycles. The van der Waals surface area contributed by atoms with Crippen LogP contribution >= 0.6 is 0 Å². The molecule has 66 valence electrons. The number of rotatable bonds is 5. The fourth-order valence-electron chi connectivity index (χ4n) is 0.351. The summed E-state index contributed by atoms with van der Waals surface area (Å²) in [6.45, 7) is 1.69. The topological polar surface area (TPSA) is 87.7 Å². The Bertz CT molecular complexity index is 135. The molecule has 1 amide bonds. The molecule has 7 heteroatoms. The van der Waals surface area contributed by atoms with Crippen LogP contribution in [0.4, 0.5) is 0 Å². The average Bonchev–Trinajstić information content (AvgIpc) is 1.85. The number of nitrogens with one attached hydrogen (secondary N) is 2. The molecule has 0 aromatic heterocycles. The number of carbonyl (C=O) groups excluding carboxylic acids is 1. The minimum atomic E-state index is -2.23. The lowest BCUT2D eigenvalue weighted by molar-refractivity contribution is -0.119. The van der Waals surface area contributed by atoms with Crippen LogP contribution in [0.3, 0.4) is 0 Å². The van der Waals surface area contributed by atoms with Crippen LogP contribution in [0.25, 0.3) is 0 Å². The van der Waals surface area contributed by atoms with E-state index in [2.05, 4.69) is 15.0 Å². The molecule has 0 aromatic carbocycles. The van der Waals surface area contributed by atoms with Crippen LogP contribution in [0, 0.1) is 0 Å². The van der Waals surface area contributed by atoms with Gasteiger partial charge in [0.15, 0.2) is 0 Å². The Hall–Kier alpha value is -0.500. The molecule has 0 saturated carbocycles. The van der Waals surface area contributed by atoms with Crippen molar-refractivity contribution in [2.45, 2.75) is 6.92 Å². The summed E-state index contributed by atoms with van der Waals surface area (Å²) in [7, 11) is 0. The highest BCUT2D eigenvalue weighted by atomic mass is 32.2. The maximum absolute atomic E-state index is 10.2. The van der Waals surface area contributed by atoms with Crippen molar-refractivity contribution in [2.75, 3.05) is 13.2 Å². The second-order valence-corrected chi connectivity index (χ2v) is 2.32. The molecular weight excluding hydrogens is 172 g/mol. The summed E-state index contributed by atoms with van der Waals surface area (Å²) in [5, 5.41) is 0. The van der Waals surface area contributed by atoms with E-state index in [4.69, 9.17) is 4.55 Å². The molecular formula is C4H10N2O4S.